The molecular formula is C16H13ClFNO3S. The first-order valence-corrected chi connectivity index (χ1v) is 7.94. The summed E-state index contributed by atoms with van der Waals surface area (Å²) in [4.78, 5) is 23.6. The van der Waals surface area contributed by atoms with E-state index in [1.165, 1.54) is 36.5 Å². The molecule has 1 aromatic heterocycles. The van der Waals surface area contributed by atoms with Crippen molar-refractivity contribution in [1.29, 1.82) is 0 Å². The lowest BCUT2D eigenvalue weighted by atomic mass is 10.3. The summed E-state index contributed by atoms with van der Waals surface area (Å²) in [5.74, 6) is -1.75. The van der Waals surface area contributed by atoms with Crippen molar-refractivity contribution in [3.8, 4) is 0 Å². The summed E-state index contributed by atoms with van der Waals surface area (Å²) < 4.78 is 18.0. The summed E-state index contributed by atoms with van der Waals surface area (Å²) in [7, 11) is 0. The Morgan fingerprint density at radius 1 is 1.39 bits per heavy atom. The minimum absolute atomic E-state index is 0.105. The van der Waals surface area contributed by atoms with E-state index in [1.807, 2.05) is 16.8 Å². The number of esters is 1. The zero-order chi connectivity index (χ0) is 16.8. The zero-order valence-electron chi connectivity index (χ0n) is 12.1. The molecule has 0 fully saturated rings. The number of halogens is 2. The van der Waals surface area contributed by atoms with E-state index in [-0.39, 0.29) is 5.02 Å². The van der Waals surface area contributed by atoms with Gasteiger partial charge in [-0.25, -0.2) is 9.18 Å². The highest BCUT2D eigenvalue weighted by Crippen LogP contribution is 2.19. The first-order chi connectivity index (χ1) is 11.0. The van der Waals surface area contributed by atoms with E-state index in [1.54, 1.807) is 6.08 Å². The summed E-state index contributed by atoms with van der Waals surface area (Å²) in [6, 6.07) is 5.63. The van der Waals surface area contributed by atoms with E-state index in [0.29, 0.717) is 5.69 Å². The van der Waals surface area contributed by atoms with Gasteiger partial charge in [0.1, 0.15) is 5.82 Å². The molecule has 1 heterocycles. The van der Waals surface area contributed by atoms with Crippen molar-refractivity contribution in [2.24, 2.45) is 0 Å². The number of carbonyl (C=O) groups excluding carboxylic acids is 2. The number of anilines is 1. The molecule has 0 spiro atoms. The average Bonchev–Trinajstić information content (AvgIpc) is 3.02. The number of benzene rings is 1. The average molecular weight is 354 g/mol. The maximum Gasteiger partial charge on any atom is 0.331 e. The Hall–Kier alpha value is -2.18. The first kappa shape index (κ1) is 17.2. The molecule has 2 aromatic rings. The smallest absolute Gasteiger partial charge is 0.331 e. The largest absolute Gasteiger partial charge is 0.449 e. The number of hydrogen-bond acceptors (Lipinski definition) is 4. The Morgan fingerprint density at radius 2 is 2.17 bits per heavy atom. The molecule has 0 saturated carbocycles. The molecule has 0 aliphatic rings. The predicted octanol–water partition coefficient (Wildman–Crippen LogP) is 4.12. The molecule has 120 valence electrons. The number of nitrogens with one attached hydrogen (secondary N) is 1. The molecule has 0 saturated heterocycles. The lowest BCUT2D eigenvalue weighted by Crippen LogP contribution is -2.29. The van der Waals surface area contributed by atoms with Crippen LogP contribution >= 0.6 is 22.9 Å². The molecule has 4 nitrogen and oxygen atoms in total. The fourth-order valence-corrected chi connectivity index (χ4v) is 2.43. The van der Waals surface area contributed by atoms with E-state index in [0.717, 1.165) is 11.6 Å². The Labute approximate surface area is 141 Å². The van der Waals surface area contributed by atoms with Crippen LogP contribution in [0, 0.1) is 5.82 Å². The van der Waals surface area contributed by atoms with Gasteiger partial charge >= 0.3 is 5.97 Å². The van der Waals surface area contributed by atoms with Gasteiger partial charge in [0.2, 0.25) is 0 Å². The summed E-state index contributed by atoms with van der Waals surface area (Å²) in [5, 5.41) is 6.15. The Bertz CT molecular complexity index is 731. The number of amides is 1. The van der Waals surface area contributed by atoms with Crippen LogP contribution in [-0.2, 0) is 14.3 Å². The Kier molecular flexibility index (Phi) is 5.90. The number of rotatable bonds is 5. The summed E-state index contributed by atoms with van der Waals surface area (Å²) >= 11 is 7.14. The molecule has 0 aliphatic heterocycles. The molecule has 23 heavy (non-hydrogen) atoms. The van der Waals surface area contributed by atoms with Crippen molar-refractivity contribution in [3.63, 3.8) is 0 Å². The normalized spacial score (nSPS) is 12.1. The highest BCUT2D eigenvalue weighted by Gasteiger charge is 2.17. The topological polar surface area (TPSA) is 55.4 Å². The van der Waals surface area contributed by atoms with Crippen LogP contribution in [-0.4, -0.2) is 18.0 Å². The molecule has 0 unspecified atom stereocenters. The Balaban J connectivity index is 1.89. The molecule has 7 heteroatoms. The fraction of sp³-hybridized carbons (Fsp3) is 0.125. The second-order valence-corrected chi connectivity index (χ2v) is 5.77. The van der Waals surface area contributed by atoms with Crippen molar-refractivity contribution in [2.75, 3.05) is 5.32 Å². The van der Waals surface area contributed by atoms with E-state index in [4.69, 9.17) is 16.3 Å². The van der Waals surface area contributed by atoms with Crippen LogP contribution < -0.4 is 5.32 Å². The Morgan fingerprint density at radius 3 is 2.83 bits per heavy atom. The zero-order valence-corrected chi connectivity index (χ0v) is 13.7. The van der Waals surface area contributed by atoms with Crippen LogP contribution in [0.3, 0.4) is 0 Å². The lowest BCUT2D eigenvalue weighted by Gasteiger charge is -2.12. The van der Waals surface area contributed by atoms with E-state index >= 15 is 0 Å². The van der Waals surface area contributed by atoms with Gasteiger partial charge in [-0.15, -0.1) is 0 Å². The van der Waals surface area contributed by atoms with E-state index in [2.05, 4.69) is 5.32 Å². The lowest BCUT2D eigenvalue weighted by molar-refractivity contribution is -0.148. The molecule has 1 N–H and O–H groups in total. The first-order valence-electron chi connectivity index (χ1n) is 6.62. The summed E-state index contributed by atoms with van der Waals surface area (Å²) in [6.45, 7) is 1.44. The molecular weight excluding hydrogens is 341 g/mol. The van der Waals surface area contributed by atoms with Gasteiger partial charge in [-0.2, -0.15) is 11.3 Å². The van der Waals surface area contributed by atoms with Crippen LogP contribution in [0.4, 0.5) is 10.1 Å². The molecule has 0 radical (unpaired) electrons. The van der Waals surface area contributed by atoms with Crippen molar-refractivity contribution >= 4 is 46.6 Å². The van der Waals surface area contributed by atoms with Gasteiger partial charge in [0.25, 0.3) is 5.91 Å². The van der Waals surface area contributed by atoms with Gasteiger partial charge in [-0.05, 0) is 53.6 Å². The maximum atomic E-state index is 13.0. The molecule has 0 bridgehead atoms. The third kappa shape index (κ3) is 5.19. The van der Waals surface area contributed by atoms with Gasteiger partial charge in [0.15, 0.2) is 6.10 Å². The van der Waals surface area contributed by atoms with Crippen molar-refractivity contribution in [2.45, 2.75) is 13.0 Å². The van der Waals surface area contributed by atoms with Gasteiger partial charge in [-0.3, -0.25) is 4.79 Å². The van der Waals surface area contributed by atoms with E-state index in [9.17, 15) is 14.0 Å². The fourth-order valence-electron chi connectivity index (χ4n) is 1.62. The SMILES string of the molecule is C[C@H](OC(=O)/C=C/c1ccsc1)C(=O)Nc1ccc(F)c(Cl)c1. The number of ether oxygens (including phenoxy) is 1. The van der Waals surface area contributed by atoms with Crippen molar-refractivity contribution in [1.82, 2.24) is 0 Å². The molecule has 1 aromatic carbocycles. The third-order valence-corrected chi connectivity index (χ3v) is 3.80. The second-order valence-electron chi connectivity index (χ2n) is 4.59. The summed E-state index contributed by atoms with van der Waals surface area (Å²) in [5.41, 5.74) is 1.20. The highest BCUT2D eigenvalue weighted by atomic mass is 35.5. The minimum atomic E-state index is -1.00. The standard InChI is InChI=1S/C16H13ClFNO3S/c1-10(22-15(20)5-2-11-6-7-23-9-11)16(21)19-12-3-4-14(18)13(17)8-12/h2-10H,1H3,(H,19,21)/b5-2+/t10-/m0/s1. The predicted molar refractivity (Wildman–Crippen MR) is 88.9 cm³/mol. The number of carbonyl (C=O) groups is 2. The molecule has 2 rings (SSSR count). The number of hydrogen-bond donors (Lipinski definition) is 1. The monoisotopic (exact) mass is 353 g/mol. The minimum Gasteiger partial charge on any atom is -0.449 e. The van der Waals surface area contributed by atoms with Crippen LogP contribution in [0.25, 0.3) is 6.08 Å². The van der Waals surface area contributed by atoms with E-state index < -0.39 is 23.8 Å². The van der Waals surface area contributed by atoms with Gasteiger partial charge in [-0.1, -0.05) is 11.6 Å². The van der Waals surface area contributed by atoms with Gasteiger partial charge in [0.05, 0.1) is 5.02 Å². The van der Waals surface area contributed by atoms with Crippen LogP contribution in [0.1, 0.15) is 12.5 Å². The highest BCUT2D eigenvalue weighted by molar-refractivity contribution is 7.08. The summed E-state index contributed by atoms with van der Waals surface area (Å²) in [6.07, 6.45) is 1.85. The van der Waals surface area contributed by atoms with Crippen molar-refractivity contribution < 1.29 is 18.7 Å². The third-order valence-electron chi connectivity index (χ3n) is 2.80. The molecule has 0 aliphatic carbocycles. The van der Waals surface area contributed by atoms with Crippen LogP contribution in [0.15, 0.2) is 41.1 Å². The molecule has 1 amide bonds. The molecule has 1 atom stereocenters. The van der Waals surface area contributed by atoms with Gasteiger partial charge in [0, 0.05) is 11.8 Å². The van der Waals surface area contributed by atoms with Crippen LogP contribution in [0.2, 0.25) is 5.02 Å². The van der Waals surface area contributed by atoms with Crippen molar-refractivity contribution in [3.05, 3.63) is 57.5 Å². The van der Waals surface area contributed by atoms with Gasteiger partial charge < -0.3 is 10.1 Å². The quantitative estimate of drug-likeness (QED) is 0.649. The van der Waals surface area contributed by atoms with Crippen LogP contribution in [0.5, 0.6) is 0 Å². The maximum absolute atomic E-state index is 13.0. The number of thiophene rings is 1. The second kappa shape index (κ2) is 7.89.